The molecule has 2 heterocycles. The third-order valence-electron chi connectivity index (χ3n) is 4.78. The number of primary amides is 1. The van der Waals surface area contributed by atoms with E-state index in [4.69, 9.17) is 20.3 Å². The second kappa shape index (κ2) is 8.10. The number of halogens is 3. The highest BCUT2D eigenvalue weighted by molar-refractivity contribution is 9.10. The van der Waals surface area contributed by atoms with Crippen LogP contribution in [0.4, 0.5) is 8.78 Å². The highest BCUT2D eigenvalue weighted by Gasteiger charge is 2.53. The molecule has 166 valence electrons. The molecule has 3 rings (SSSR count). The van der Waals surface area contributed by atoms with Gasteiger partial charge in [-0.1, -0.05) is 0 Å². The second-order valence-electron chi connectivity index (χ2n) is 6.81. The van der Waals surface area contributed by atoms with Gasteiger partial charge in [-0.05, 0) is 47.3 Å². The standard InChI is InChI=1S/C16H17BrF2NO7PS2/c17-12-10-6-8(15(20)21)7-11(27-4-3-9-2-1-5-30(9,25)26)13(10)29-14(12)16(18,19)28(22,23)24/h6-7,9H,1-5H2,(H2,20,21)(H2,22,23,24). The van der Waals surface area contributed by atoms with Gasteiger partial charge in [-0.15, -0.1) is 11.3 Å². The van der Waals surface area contributed by atoms with Crippen molar-refractivity contribution >= 4 is 60.7 Å². The number of thiophene rings is 1. The predicted octanol–water partition coefficient (Wildman–Crippen LogP) is 3.34. The molecule has 1 atom stereocenters. The van der Waals surface area contributed by atoms with Gasteiger partial charge in [-0.25, -0.2) is 8.42 Å². The number of carbonyl (C=O) groups excluding carboxylic acids is 1. The first kappa shape index (κ1) is 23.6. The summed E-state index contributed by atoms with van der Waals surface area (Å²) in [7, 11) is -9.01. The van der Waals surface area contributed by atoms with Gasteiger partial charge in [-0.2, -0.15) is 8.78 Å². The summed E-state index contributed by atoms with van der Waals surface area (Å²) in [6.07, 6.45) is 1.25. The molecule has 1 saturated heterocycles. The molecule has 1 unspecified atom stereocenters. The zero-order chi connectivity index (χ0) is 22.5. The number of hydrogen-bond donors (Lipinski definition) is 3. The van der Waals surface area contributed by atoms with E-state index in [0.717, 1.165) is 0 Å². The lowest BCUT2D eigenvalue weighted by atomic mass is 10.1. The molecule has 1 amide bonds. The summed E-state index contributed by atoms with van der Waals surface area (Å²) in [5.74, 6) is -0.755. The van der Waals surface area contributed by atoms with Crippen LogP contribution in [0.25, 0.3) is 10.1 Å². The Bertz CT molecular complexity index is 1160. The zero-order valence-corrected chi connectivity index (χ0v) is 19.3. The number of benzene rings is 1. The fraction of sp³-hybridized carbons (Fsp3) is 0.438. The molecule has 14 heteroatoms. The van der Waals surface area contributed by atoms with Crippen LogP contribution in [0.3, 0.4) is 0 Å². The molecule has 2 aromatic rings. The Balaban J connectivity index is 2.01. The lowest BCUT2D eigenvalue weighted by Gasteiger charge is -2.16. The lowest BCUT2D eigenvalue weighted by Crippen LogP contribution is -2.19. The van der Waals surface area contributed by atoms with E-state index in [-0.39, 0.29) is 44.7 Å². The van der Waals surface area contributed by atoms with Crippen LogP contribution >= 0.6 is 34.9 Å². The first-order valence-corrected chi connectivity index (χ1v) is 13.5. The molecule has 0 spiro atoms. The topological polar surface area (TPSA) is 144 Å². The number of amides is 1. The Morgan fingerprint density at radius 1 is 1.40 bits per heavy atom. The van der Waals surface area contributed by atoms with Crippen LogP contribution in [0.1, 0.15) is 34.5 Å². The maximum absolute atomic E-state index is 14.3. The Morgan fingerprint density at radius 2 is 2.07 bits per heavy atom. The van der Waals surface area contributed by atoms with E-state index in [1.807, 2.05) is 0 Å². The molecular weight excluding hydrogens is 531 g/mol. The van der Waals surface area contributed by atoms with Crippen molar-refractivity contribution in [3.05, 3.63) is 27.0 Å². The zero-order valence-electron chi connectivity index (χ0n) is 15.2. The van der Waals surface area contributed by atoms with Crippen molar-refractivity contribution in [2.24, 2.45) is 5.73 Å². The molecule has 30 heavy (non-hydrogen) atoms. The van der Waals surface area contributed by atoms with E-state index in [1.165, 1.54) is 12.1 Å². The van der Waals surface area contributed by atoms with Crippen molar-refractivity contribution < 1.29 is 41.1 Å². The summed E-state index contributed by atoms with van der Waals surface area (Å²) < 4.78 is 69.2. The number of carbonyl (C=O) groups is 1. The summed E-state index contributed by atoms with van der Waals surface area (Å²) in [6, 6.07) is 2.45. The average molecular weight is 548 g/mol. The smallest absolute Gasteiger partial charge is 0.400 e. The van der Waals surface area contributed by atoms with E-state index >= 15 is 0 Å². The molecular formula is C16H17BrF2NO7PS2. The summed E-state index contributed by atoms with van der Waals surface area (Å²) >= 11 is 3.34. The van der Waals surface area contributed by atoms with E-state index in [2.05, 4.69) is 15.9 Å². The van der Waals surface area contributed by atoms with Crippen LogP contribution in [0.5, 0.6) is 5.75 Å². The van der Waals surface area contributed by atoms with Gasteiger partial charge in [0.2, 0.25) is 5.91 Å². The molecule has 0 saturated carbocycles. The monoisotopic (exact) mass is 547 g/mol. The first-order valence-electron chi connectivity index (χ1n) is 8.60. The molecule has 1 aliphatic rings. The Labute approximate surface area is 182 Å². The number of fused-ring (bicyclic) bond motifs is 1. The fourth-order valence-corrected chi connectivity index (χ4v) is 8.06. The largest absolute Gasteiger partial charge is 0.492 e. The van der Waals surface area contributed by atoms with E-state index in [1.54, 1.807) is 0 Å². The summed E-state index contributed by atoms with van der Waals surface area (Å²) in [5, 5.41) is -0.486. The fourth-order valence-electron chi connectivity index (χ4n) is 3.20. The highest BCUT2D eigenvalue weighted by atomic mass is 79.9. The maximum Gasteiger partial charge on any atom is 0.400 e. The van der Waals surface area contributed by atoms with Crippen molar-refractivity contribution in [1.29, 1.82) is 0 Å². The average Bonchev–Trinajstić information content (AvgIpc) is 3.13. The van der Waals surface area contributed by atoms with Crippen molar-refractivity contribution in [2.45, 2.75) is 30.2 Å². The van der Waals surface area contributed by atoms with Crippen LogP contribution in [0.15, 0.2) is 16.6 Å². The summed E-state index contributed by atoms with van der Waals surface area (Å²) in [4.78, 5) is 28.8. The normalized spacial score (nSPS) is 19.3. The van der Waals surface area contributed by atoms with Crippen molar-refractivity contribution in [2.75, 3.05) is 12.4 Å². The number of nitrogens with two attached hydrogens (primary N) is 1. The van der Waals surface area contributed by atoms with Crippen LogP contribution in [0.2, 0.25) is 0 Å². The van der Waals surface area contributed by atoms with E-state index in [9.17, 15) is 26.6 Å². The van der Waals surface area contributed by atoms with Gasteiger partial charge in [0, 0.05) is 15.4 Å². The van der Waals surface area contributed by atoms with Crippen molar-refractivity contribution in [3.8, 4) is 5.75 Å². The van der Waals surface area contributed by atoms with Gasteiger partial charge in [0.05, 0.1) is 22.3 Å². The predicted molar refractivity (Wildman–Crippen MR) is 111 cm³/mol. The van der Waals surface area contributed by atoms with Gasteiger partial charge in [0.25, 0.3) is 0 Å². The summed E-state index contributed by atoms with van der Waals surface area (Å²) in [6.45, 7) is -0.0546. The molecule has 8 nitrogen and oxygen atoms in total. The highest BCUT2D eigenvalue weighted by Crippen LogP contribution is 2.63. The van der Waals surface area contributed by atoms with Crippen LogP contribution in [0, 0.1) is 0 Å². The molecule has 1 fully saturated rings. The Kier molecular flexibility index (Phi) is 6.36. The van der Waals surface area contributed by atoms with Gasteiger partial charge in [0.15, 0.2) is 9.84 Å². The number of alkyl halides is 2. The minimum Gasteiger partial charge on any atom is -0.492 e. The number of hydrogen-bond acceptors (Lipinski definition) is 6. The molecule has 0 bridgehead atoms. The Morgan fingerprint density at radius 3 is 2.60 bits per heavy atom. The van der Waals surface area contributed by atoms with E-state index < -0.39 is 39.1 Å². The van der Waals surface area contributed by atoms with Gasteiger partial charge in [0.1, 0.15) is 10.6 Å². The lowest BCUT2D eigenvalue weighted by molar-refractivity contribution is 0.0595. The van der Waals surface area contributed by atoms with Gasteiger partial charge < -0.3 is 20.3 Å². The Hall–Kier alpha value is -1.11. The van der Waals surface area contributed by atoms with Gasteiger partial charge >= 0.3 is 13.3 Å². The van der Waals surface area contributed by atoms with Gasteiger partial charge in [-0.3, -0.25) is 9.36 Å². The van der Waals surface area contributed by atoms with Crippen LogP contribution in [-0.4, -0.2) is 41.7 Å². The quantitative estimate of drug-likeness (QED) is 0.451. The molecule has 4 N–H and O–H groups in total. The second-order valence-corrected chi connectivity index (χ2v) is 12.7. The third kappa shape index (κ3) is 4.28. The third-order valence-corrected chi connectivity index (χ3v) is 10.6. The van der Waals surface area contributed by atoms with E-state index in [0.29, 0.717) is 24.2 Å². The maximum atomic E-state index is 14.3. The van der Waals surface area contributed by atoms with Crippen molar-refractivity contribution in [1.82, 2.24) is 0 Å². The molecule has 0 radical (unpaired) electrons. The first-order chi connectivity index (χ1) is 13.8. The van der Waals surface area contributed by atoms with Crippen LogP contribution in [-0.2, 0) is 20.1 Å². The SMILES string of the molecule is NC(=O)c1cc(OCCC2CCCS2(=O)=O)c2sc(C(F)(F)P(=O)(O)O)c(Br)c2c1. The minimum atomic E-state index is -5.82. The molecule has 1 aliphatic heterocycles. The van der Waals surface area contributed by atoms with Crippen molar-refractivity contribution in [3.63, 3.8) is 0 Å². The summed E-state index contributed by atoms with van der Waals surface area (Å²) in [5.41, 5.74) is 0.771. The molecule has 0 aliphatic carbocycles. The number of sulfone groups is 1. The molecule has 1 aromatic carbocycles. The minimum absolute atomic E-state index is 0.00448. The van der Waals surface area contributed by atoms with Crippen LogP contribution < -0.4 is 10.5 Å². The molecule has 1 aromatic heterocycles. The number of rotatable bonds is 7. The number of ether oxygens (including phenoxy) is 1.